The normalized spacial score (nSPS) is 12.6. The van der Waals surface area contributed by atoms with E-state index in [2.05, 4.69) is 4.98 Å². The molecule has 0 saturated carbocycles. The van der Waals surface area contributed by atoms with Gasteiger partial charge in [-0.3, -0.25) is 4.98 Å². The molecule has 0 bridgehead atoms. The minimum atomic E-state index is 0.563. The third-order valence-electron chi connectivity index (χ3n) is 2.74. The van der Waals surface area contributed by atoms with Gasteiger partial charge in [0.1, 0.15) is 12.4 Å². The topological polar surface area (TPSA) is 22.1 Å². The highest BCUT2D eigenvalue weighted by atomic mass is 35.5. The summed E-state index contributed by atoms with van der Waals surface area (Å²) in [6.07, 6.45) is 1.78. The van der Waals surface area contributed by atoms with Crippen LogP contribution in [0, 0.1) is 6.92 Å². The van der Waals surface area contributed by atoms with Gasteiger partial charge in [-0.05, 0) is 36.2 Å². The molecule has 1 aliphatic rings. The zero-order valence-corrected chi connectivity index (χ0v) is 9.58. The number of rotatable bonds is 0. The van der Waals surface area contributed by atoms with Crippen molar-refractivity contribution in [3.63, 3.8) is 0 Å². The molecule has 2 aromatic rings. The summed E-state index contributed by atoms with van der Waals surface area (Å²) in [5, 5.41) is 0.747. The van der Waals surface area contributed by atoms with Crippen molar-refractivity contribution in [1.82, 2.24) is 4.98 Å². The van der Waals surface area contributed by atoms with E-state index in [1.165, 1.54) is 5.56 Å². The Bertz CT molecular complexity index is 566. The molecule has 3 rings (SSSR count). The van der Waals surface area contributed by atoms with Gasteiger partial charge in [0.05, 0.1) is 6.20 Å². The van der Waals surface area contributed by atoms with Crippen LogP contribution in [-0.4, -0.2) is 4.98 Å². The lowest BCUT2D eigenvalue weighted by molar-refractivity contribution is 0.301. The van der Waals surface area contributed by atoms with Gasteiger partial charge in [0.25, 0.3) is 0 Å². The lowest BCUT2D eigenvalue weighted by Crippen LogP contribution is -2.06. The van der Waals surface area contributed by atoms with Gasteiger partial charge in [0.15, 0.2) is 0 Å². The second-order valence-electron chi connectivity index (χ2n) is 3.91. The molecule has 2 nitrogen and oxygen atoms in total. The maximum Gasteiger partial charge on any atom is 0.145 e. The summed E-state index contributed by atoms with van der Waals surface area (Å²) in [7, 11) is 0. The predicted octanol–water partition coefficient (Wildman–Crippen LogP) is 3.60. The van der Waals surface area contributed by atoms with Crippen molar-refractivity contribution in [3.05, 3.63) is 46.7 Å². The molecule has 0 atom stereocenters. The summed E-state index contributed by atoms with van der Waals surface area (Å²) in [5.41, 5.74) is 4.41. The number of benzene rings is 1. The van der Waals surface area contributed by atoms with Gasteiger partial charge in [0.2, 0.25) is 0 Å². The zero-order valence-electron chi connectivity index (χ0n) is 8.83. The molecule has 1 aromatic carbocycles. The van der Waals surface area contributed by atoms with Crippen LogP contribution < -0.4 is 4.74 Å². The van der Waals surface area contributed by atoms with Crippen molar-refractivity contribution in [2.45, 2.75) is 13.5 Å². The molecule has 0 aliphatic carbocycles. The smallest absolute Gasteiger partial charge is 0.145 e. The first-order valence-corrected chi connectivity index (χ1v) is 5.50. The van der Waals surface area contributed by atoms with Crippen LogP contribution in [0.25, 0.3) is 11.1 Å². The molecule has 0 N–H and O–H groups in total. The van der Waals surface area contributed by atoms with Crippen LogP contribution in [0.1, 0.15) is 11.3 Å². The first-order valence-electron chi connectivity index (χ1n) is 5.12. The van der Waals surface area contributed by atoms with Crippen molar-refractivity contribution in [2.24, 2.45) is 0 Å². The quantitative estimate of drug-likeness (QED) is 0.691. The summed E-state index contributed by atoms with van der Waals surface area (Å²) >= 11 is 5.97. The van der Waals surface area contributed by atoms with Crippen LogP contribution in [0.2, 0.25) is 5.02 Å². The number of hydrogen-bond donors (Lipinski definition) is 0. The first-order chi connectivity index (χ1) is 7.74. The fraction of sp³-hybridized carbons (Fsp3) is 0.154. The monoisotopic (exact) mass is 231 g/mol. The molecule has 0 spiro atoms. The standard InChI is InChI=1S/C13H10ClNO/c1-8-4-12-11-3-2-10(14)5-9(11)7-16-13(12)6-15-8/h2-6H,7H2,1H3. The molecule has 0 fully saturated rings. The SMILES string of the molecule is Cc1cc2c(cn1)OCc1cc(Cl)ccc1-2. The van der Waals surface area contributed by atoms with E-state index in [0.29, 0.717) is 6.61 Å². The predicted molar refractivity (Wildman–Crippen MR) is 63.8 cm³/mol. The molecular weight excluding hydrogens is 222 g/mol. The van der Waals surface area contributed by atoms with Crippen LogP contribution in [0.3, 0.4) is 0 Å². The fourth-order valence-corrected chi connectivity index (χ4v) is 2.17. The van der Waals surface area contributed by atoms with E-state index >= 15 is 0 Å². The Balaban J connectivity index is 2.25. The van der Waals surface area contributed by atoms with E-state index in [1.54, 1.807) is 6.20 Å². The van der Waals surface area contributed by atoms with E-state index in [4.69, 9.17) is 16.3 Å². The van der Waals surface area contributed by atoms with Gasteiger partial charge in [-0.1, -0.05) is 17.7 Å². The fourth-order valence-electron chi connectivity index (χ4n) is 1.97. The molecule has 2 heterocycles. The van der Waals surface area contributed by atoms with E-state index in [0.717, 1.165) is 27.6 Å². The Hall–Kier alpha value is -1.54. The van der Waals surface area contributed by atoms with Crippen LogP contribution in [0.4, 0.5) is 0 Å². The number of halogens is 1. The van der Waals surface area contributed by atoms with Crippen molar-refractivity contribution in [3.8, 4) is 16.9 Å². The average Bonchev–Trinajstić information content (AvgIpc) is 2.28. The molecule has 3 heteroatoms. The molecule has 1 aromatic heterocycles. The van der Waals surface area contributed by atoms with E-state index in [-0.39, 0.29) is 0 Å². The van der Waals surface area contributed by atoms with Crippen molar-refractivity contribution >= 4 is 11.6 Å². The Morgan fingerprint density at radius 2 is 2.12 bits per heavy atom. The summed E-state index contributed by atoms with van der Waals surface area (Å²) < 4.78 is 5.64. The number of aryl methyl sites for hydroxylation is 1. The molecule has 0 amide bonds. The molecule has 80 valence electrons. The van der Waals surface area contributed by atoms with Gasteiger partial charge in [0, 0.05) is 16.3 Å². The minimum absolute atomic E-state index is 0.563. The number of aromatic nitrogens is 1. The van der Waals surface area contributed by atoms with E-state index < -0.39 is 0 Å². The second-order valence-corrected chi connectivity index (χ2v) is 4.35. The average molecular weight is 232 g/mol. The lowest BCUT2D eigenvalue weighted by atomic mass is 9.98. The van der Waals surface area contributed by atoms with E-state index in [9.17, 15) is 0 Å². The third-order valence-corrected chi connectivity index (χ3v) is 2.98. The van der Waals surface area contributed by atoms with Crippen molar-refractivity contribution in [2.75, 3.05) is 0 Å². The Kier molecular flexibility index (Phi) is 2.11. The number of fused-ring (bicyclic) bond motifs is 3. The Morgan fingerprint density at radius 3 is 3.00 bits per heavy atom. The van der Waals surface area contributed by atoms with Crippen LogP contribution in [0.15, 0.2) is 30.5 Å². The molecular formula is C13H10ClNO. The molecule has 1 aliphatic heterocycles. The summed E-state index contributed by atoms with van der Waals surface area (Å²) in [4.78, 5) is 4.23. The zero-order chi connectivity index (χ0) is 11.1. The highest BCUT2D eigenvalue weighted by Gasteiger charge is 2.17. The Morgan fingerprint density at radius 1 is 1.25 bits per heavy atom. The maximum atomic E-state index is 5.97. The second kappa shape index (κ2) is 3.49. The highest BCUT2D eigenvalue weighted by molar-refractivity contribution is 6.30. The maximum absolute atomic E-state index is 5.97. The van der Waals surface area contributed by atoms with Gasteiger partial charge in [-0.15, -0.1) is 0 Å². The summed E-state index contributed by atoms with van der Waals surface area (Å²) in [5.74, 6) is 0.848. The summed E-state index contributed by atoms with van der Waals surface area (Å²) in [6, 6.07) is 7.94. The lowest BCUT2D eigenvalue weighted by Gasteiger charge is -2.20. The van der Waals surface area contributed by atoms with Crippen LogP contribution >= 0.6 is 11.6 Å². The van der Waals surface area contributed by atoms with Gasteiger partial charge < -0.3 is 4.74 Å². The Labute approximate surface area is 98.8 Å². The number of nitrogens with zero attached hydrogens (tertiary/aromatic N) is 1. The molecule has 16 heavy (non-hydrogen) atoms. The van der Waals surface area contributed by atoms with Crippen LogP contribution in [-0.2, 0) is 6.61 Å². The molecule has 0 unspecified atom stereocenters. The molecule has 0 saturated heterocycles. The largest absolute Gasteiger partial charge is 0.487 e. The number of ether oxygens (including phenoxy) is 1. The first kappa shape index (κ1) is 9.67. The number of pyridine rings is 1. The number of hydrogen-bond acceptors (Lipinski definition) is 2. The minimum Gasteiger partial charge on any atom is -0.487 e. The third kappa shape index (κ3) is 1.46. The van der Waals surface area contributed by atoms with Crippen molar-refractivity contribution in [1.29, 1.82) is 0 Å². The molecule has 0 radical (unpaired) electrons. The van der Waals surface area contributed by atoms with Crippen LogP contribution in [0.5, 0.6) is 5.75 Å². The highest BCUT2D eigenvalue weighted by Crippen LogP contribution is 2.38. The van der Waals surface area contributed by atoms with E-state index in [1.807, 2.05) is 31.2 Å². The van der Waals surface area contributed by atoms with Gasteiger partial charge in [-0.25, -0.2) is 0 Å². The van der Waals surface area contributed by atoms with Crippen molar-refractivity contribution < 1.29 is 4.74 Å². The summed E-state index contributed by atoms with van der Waals surface area (Å²) in [6.45, 7) is 2.54. The van der Waals surface area contributed by atoms with Gasteiger partial charge in [-0.2, -0.15) is 0 Å². The van der Waals surface area contributed by atoms with Gasteiger partial charge >= 0.3 is 0 Å².